The van der Waals surface area contributed by atoms with Gasteiger partial charge in [0.05, 0.1) is 16.8 Å². The number of para-hydroxylation sites is 2. The van der Waals surface area contributed by atoms with Crippen LogP contribution in [-0.2, 0) is 0 Å². The van der Waals surface area contributed by atoms with Crippen LogP contribution in [0.5, 0.6) is 5.75 Å². The largest absolute Gasteiger partial charge is 0.492 e. The summed E-state index contributed by atoms with van der Waals surface area (Å²) >= 11 is 1.47. The van der Waals surface area contributed by atoms with Crippen molar-refractivity contribution >= 4 is 28.8 Å². The third-order valence-corrected chi connectivity index (χ3v) is 5.95. The predicted octanol–water partition coefficient (Wildman–Crippen LogP) is 3.84. The zero-order valence-corrected chi connectivity index (χ0v) is 18.0. The molecule has 0 aliphatic carbocycles. The Morgan fingerprint density at radius 3 is 2.42 bits per heavy atom. The minimum atomic E-state index is -0.204. The molecule has 4 rings (SSSR count). The van der Waals surface area contributed by atoms with Gasteiger partial charge in [0.1, 0.15) is 12.4 Å². The summed E-state index contributed by atoms with van der Waals surface area (Å²) in [5.41, 5.74) is 1.66. The van der Waals surface area contributed by atoms with Crippen LogP contribution in [0, 0.1) is 0 Å². The number of hydrogen-bond donors (Lipinski definition) is 1. The van der Waals surface area contributed by atoms with Crippen molar-refractivity contribution in [3.05, 3.63) is 82.6 Å². The van der Waals surface area contributed by atoms with Crippen LogP contribution in [0.25, 0.3) is 0 Å². The maximum atomic E-state index is 13.1. The van der Waals surface area contributed by atoms with Crippen molar-refractivity contribution in [3.63, 3.8) is 0 Å². The molecule has 2 heterocycles. The lowest BCUT2D eigenvalue weighted by molar-refractivity contribution is 0.0621. The fourth-order valence-corrected chi connectivity index (χ4v) is 4.16. The predicted molar refractivity (Wildman–Crippen MR) is 123 cm³/mol. The maximum absolute atomic E-state index is 13.1. The third kappa shape index (κ3) is 5.51. The number of anilines is 1. The van der Waals surface area contributed by atoms with Crippen LogP contribution in [0.3, 0.4) is 0 Å². The van der Waals surface area contributed by atoms with Gasteiger partial charge in [0.25, 0.3) is 11.8 Å². The van der Waals surface area contributed by atoms with E-state index >= 15 is 0 Å². The fraction of sp³-hybridized carbons (Fsp3) is 0.250. The van der Waals surface area contributed by atoms with Crippen LogP contribution in [0.1, 0.15) is 20.7 Å². The van der Waals surface area contributed by atoms with E-state index in [-0.39, 0.29) is 11.8 Å². The van der Waals surface area contributed by atoms with Crippen LogP contribution in [0.15, 0.2) is 71.4 Å². The summed E-state index contributed by atoms with van der Waals surface area (Å²) in [5.74, 6) is 0.614. The molecule has 6 nitrogen and oxygen atoms in total. The van der Waals surface area contributed by atoms with E-state index < -0.39 is 0 Å². The quantitative estimate of drug-likeness (QED) is 0.613. The minimum Gasteiger partial charge on any atom is -0.492 e. The second kappa shape index (κ2) is 10.2. The number of benzene rings is 2. The first-order chi connectivity index (χ1) is 15.2. The van der Waals surface area contributed by atoms with Gasteiger partial charge in [-0.2, -0.15) is 11.3 Å². The van der Waals surface area contributed by atoms with E-state index in [0.717, 1.165) is 25.4 Å². The van der Waals surface area contributed by atoms with Crippen molar-refractivity contribution in [3.8, 4) is 5.75 Å². The van der Waals surface area contributed by atoms with E-state index in [1.807, 2.05) is 52.7 Å². The van der Waals surface area contributed by atoms with E-state index in [1.54, 1.807) is 23.6 Å². The molecule has 2 amide bonds. The average molecular weight is 436 g/mol. The van der Waals surface area contributed by atoms with E-state index in [0.29, 0.717) is 36.5 Å². The van der Waals surface area contributed by atoms with Crippen molar-refractivity contribution in [1.82, 2.24) is 9.80 Å². The van der Waals surface area contributed by atoms with Gasteiger partial charge in [0, 0.05) is 38.1 Å². The molecule has 1 aliphatic rings. The third-order valence-electron chi connectivity index (χ3n) is 5.27. The Balaban J connectivity index is 1.30. The molecule has 0 bridgehead atoms. The lowest BCUT2D eigenvalue weighted by Gasteiger charge is -2.35. The molecule has 2 aromatic carbocycles. The lowest BCUT2D eigenvalue weighted by atomic mass is 10.1. The standard InChI is InChI=1S/C24H25N3O3S/c28-23(19-10-17-31-18-19)25-22-9-5-4-8-21(22)24(29)27-13-11-26(12-14-27)15-16-30-20-6-2-1-3-7-20/h1-10,17-18H,11-16H2,(H,25,28). The fourth-order valence-electron chi connectivity index (χ4n) is 3.52. The number of rotatable bonds is 7. The molecular formula is C24H25N3O3S. The first-order valence-electron chi connectivity index (χ1n) is 10.3. The number of nitrogens with one attached hydrogen (secondary N) is 1. The average Bonchev–Trinajstić information content (AvgIpc) is 3.36. The van der Waals surface area contributed by atoms with Gasteiger partial charge >= 0.3 is 0 Å². The molecule has 1 fully saturated rings. The first kappa shape index (κ1) is 21.1. The van der Waals surface area contributed by atoms with Crippen molar-refractivity contribution in [2.75, 3.05) is 44.6 Å². The highest BCUT2D eigenvalue weighted by atomic mass is 32.1. The van der Waals surface area contributed by atoms with E-state index in [1.165, 1.54) is 11.3 Å². The van der Waals surface area contributed by atoms with Crippen LogP contribution in [0.4, 0.5) is 5.69 Å². The van der Waals surface area contributed by atoms with Crippen molar-refractivity contribution in [2.24, 2.45) is 0 Å². The van der Waals surface area contributed by atoms with Crippen molar-refractivity contribution in [1.29, 1.82) is 0 Å². The second-order valence-corrected chi connectivity index (χ2v) is 8.09. The molecule has 0 unspecified atom stereocenters. The van der Waals surface area contributed by atoms with Gasteiger partial charge in [-0.05, 0) is 35.7 Å². The molecule has 1 aromatic heterocycles. The van der Waals surface area contributed by atoms with Gasteiger partial charge in [-0.1, -0.05) is 30.3 Å². The number of thiophene rings is 1. The van der Waals surface area contributed by atoms with Gasteiger partial charge in [-0.25, -0.2) is 0 Å². The Labute approximate surface area is 186 Å². The molecule has 0 saturated carbocycles. The normalized spacial score (nSPS) is 14.3. The minimum absolute atomic E-state index is 0.0543. The molecule has 0 spiro atoms. The van der Waals surface area contributed by atoms with Crippen molar-refractivity contribution in [2.45, 2.75) is 0 Å². The van der Waals surface area contributed by atoms with Crippen molar-refractivity contribution < 1.29 is 14.3 Å². The number of piperazine rings is 1. The van der Waals surface area contributed by atoms with Crippen LogP contribution < -0.4 is 10.1 Å². The topological polar surface area (TPSA) is 61.9 Å². The summed E-state index contributed by atoms with van der Waals surface area (Å²) < 4.78 is 5.77. The smallest absolute Gasteiger partial charge is 0.256 e. The first-order valence-corrected chi connectivity index (χ1v) is 11.3. The summed E-state index contributed by atoms with van der Waals surface area (Å²) in [6, 6.07) is 18.7. The molecule has 1 N–H and O–H groups in total. The summed E-state index contributed by atoms with van der Waals surface area (Å²) in [5, 5.41) is 6.53. The number of hydrogen-bond acceptors (Lipinski definition) is 5. The number of ether oxygens (including phenoxy) is 1. The summed E-state index contributed by atoms with van der Waals surface area (Å²) in [6.07, 6.45) is 0. The number of carbonyl (C=O) groups excluding carboxylic acids is 2. The van der Waals surface area contributed by atoms with Gasteiger partial charge in [0.15, 0.2) is 0 Å². The Morgan fingerprint density at radius 1 is 0.935 bits per heavy atom. The van der Waals surface area contributed by atoms with Gasteiger partial charge < -0.3 is 15.0 Å². The van der Waals surface area contributed by atoms with Crippen LogP contribution >= 0.6 is 11.3 Å². The van der Waals surface area contributed by atoms with Gasteiger partial charge in [-0.15, -0.1) is 0 Å². The molecule has 0 atom stereocenters. The number of nitrogens with zero attached hydrogens (tertiary/aromatic N) is 2. The van der Waals surface area contributed by atoms with Crippen LogP contribution in [0.2, 0.25) is 0 Å². The monoisotopic (exact) mass is 435 g/mol. The summed E-state index contributed by atoms with van der Waals surface area (Å²) in [7, 11) is 0. The highest BCUT2D eigenvalue weighted by molar-refractivity contribution is 7.08. The molecular weight excluding hydrogens is 410 g/mol. The Bertz CT molecular complexity index is 1000. The molecule has 3 aromatic rings. The van der Waals surface area contributed by atoms with E-state index in [2.05, 4.69) is 10.2 Å². The summed E-state index contributed by atoms with van der Waals surface area (Å²) in [4.78, 5) is 29.7. The second-order valence-electron chi connectivity index (χ2n) is 7.31. The molecule has 1 aliphatic heterocycles. The Kier molecular flexibility index (Phi) is 6.96. The molecule has 160 valence electrons. The van der Waals surface area contributed by atoms with E-state index in [9.17, 15) is 9.59 Å². The zero-order chi connectivity index (χ0) is 21.5. The van der Waals surface area contributed by atoms with E-state index in [4.69, 9.17) is 4.74 Å². The highest BCUT2D eigenvalue weighted by Crippen LogP contribution is 2.20. The van der Waals surface area contributed by atoms with Gasteiger partial charge in [-0.3, -0.25) is 14.5 Å². The lowest BCUT2D eigenvalue weighted by Crippen LogP contribution is -2.49. The number of amides is 2. The van der Waals surface area contributed by atoms with Crippen LogP contribution in [-0.4, -0.2) is 60.9 Å². The van der Waals surface area contributed by atoms with Gasteiger partial charge in [0.2, 0.25) is 0 Å². The number of carbonyl (C=O) groups is 2. The molecule has 1 saturated heterocycles. The zero-order valence-electron chi connectivity index (χ0n) is 17.2. The molecule has 0 radical (unpaired) electrons. The molecule has 31 heavy (non-hydrogen) atoms. The highest BCUT2D eigenvalue weighted by Gasteiger charge is 2.24. The summed E-state index contributed by atoms with van der Waals surface area (Å²) in [6.45, 7) is 4.34. The Morgan fingerprint density at radius 2 is 1.68 bits per heavy atom. The SMILES string of the molecule is O=C(Nc1ccccc1C(=O)N1CCN(CCOc2ccccc2)CC1)c1ccsc1. The maximum Gasteiger partial charge on any atom is 0.256 e. The molecule has 7 heteroatoms. The Hall–Kier alpha value is -3.16.